The number of ether oxygens (including phenoxy) is 1. The van der Waals surface area contributed by atoms with Gasteiger partial charge < -0.3 is 15.4 Å². The number of nitrogens with one attached hydrogen (secondary N) is 2. The highest BCUT2D eigenvalue weighted by atomic mass is 32.2. The normalized spacial score (nSPS) is 13.0. The van der Waals surface area contributed by atoms with Gasteiger partial charge in [-0.1, -0.05) is 48.5 Å². The van der Waals surface area contributed by atoms with Crippen LogP contribution < -0.4 is 10.6 Å². The summed E-state index contributed by atoms with van der Waals surface area (Å²) >= 11 is 1.30. The number of thioether (sulfide) groups is 1. The van der Waals surface area contributed by atoms with Gasteiger partial charge in [-0.15, -0.1) is 0 Å². The molecule has 1 aliphatic rings. The first-order valence-corrected chi connectivity index (χ1v) is 10.2. The van der Waals surface area contributed by atoms with Gasteiger partial charge in [0, 0.05) is 12.5 Å². The molecule has 6 nitrogen and oxygen atoms in total. The first-order valence-electron chi connectivity index (χ1n) is 8.92. The van der Waals surface area contributed by atoms with Crippen LogP contribution in [0.4, 0.5) is 4.79 Å². The number of carbonyl (C=O) groups excluding carboxylic acids is 2. The van der Waals surface area contributed by atoms with E-state index in [1.807, 2.05) is 30.3 Å². The Morgan fingerprint density at radius 2 is 1.71 bits per heavy atom. The number of nitriles is 1. The van der Waals surface area contributed by atoms with Gasteiger partial charge in [0.2, 0.25) is 5.91 Å². The van der Waals surface area contributed by atoms with Crippen LogP contribution >= 0.6 is 11.8 Å². The van der Waals surface area contributed by atoms with E-state index in [1.54, 1.807) is 6.26 Å². The Morgan fingerprint density at radius 3 is 2.29 bits per heavy atom. The Bertz CT molecular complexity index is 864. The molecule has 0 aromatic heterocycles. The first kappa shape index (κ1) is 19.8. The Labute approximate surface area is 168 Å². The number of nitrogens with zero attached hydrogens (tertiary/aromatic N) is 1. The first-order chi connectivity index (χ1) is 13.7. The third-order valence-corrected chi connectivity index (χ3v) is 5.64. The predicted molar refractivity (Wildman–Crippen MR) is 109 cm³/mol. The molecule has 0 aliphatic heterocycles. The Hall–Kier alpha value is -2.98. The van der Waals surface area contributed by atoms with Crippen molar-refractivity contribution in [2.45, 2.75) is 11.2 Å². The maximum absolute atomic E-state index is 12.2. The molecule has 1 unspecified atom stereocenters. The van der Waals surface area contributed by atoms with Crippen LogP contribution in [0.3, 0.4) is 0 Å². The monoisotopic (exact) mass is 395 g/mol. The molecule has 2 aromatic carbocycles. The molecule has 3 rings (SSSR count). The number of hydrogen-bond donors (Lipinski definition) is 2. The van der Waals surface area contributed by atoms with Crippen LogP contribution in [0.5, 0.6) is 0 Å². The second kappa shape index (κ2) is 9.29. The summed E-state index contributed by atoms with van der Waals surface area (Å²) in [5.74, 6) is -0.290. The molecule has 28 heavy (non-hydrogen) atoms. The molecule has 0 radical (unpaired) electrons. The van der Waals surface area contributed by atoms with E-state index in [1.165, 1.54) is 22.9 Å². The zero-order valence-corrected chi connectivity index (χ0v) is 16.3. The molecule has 7 heteroatoms. The van der Waals surface area contributed by atoms with Crippen LogP contribution in [0.2, 0.25) is 0 Å². The molecule has 0 spiro atoms. The van der Waals surface area contributed by atoms with Gasteiger partial charge in [-0.05, 0) is 28.5 Å². The minimum Gasteiger partial charge on any atom is -0.449 e. The van der Waals surface area contributed by atoms with Crippen LogP contribution in [-0.4, -0.2) is 43.2 Å². The highest BCUT2D eigenvalue weighted by Crippen LogP contribution is 2.44. The second-order valence-electron chi connectivity index (χ2n) is 6.31. The standard InChI is InChI=1S/C21H21N3O3S/c1-28-19(20(25)23-11-10-22)12-24-21(26)27-13-18-16-8-4-2-6-14(16)15-7-3-5-9-17(15)18/h2-9,18-19H,11-13H2,1H3,(H,23,25)(H,24,26). The lowest BCUT2D eigenvalue weighted by molar-refractivity contribution is -0.120. The minimum atomic E-state index is -0.561. The van der Waals surface area contributed by atoms with Gasteiger partial charge in [-0.25, -0.2) is 4.79 Å². The van der Waals surface area contributed by atoms with Crippen molar-refractivity contribution in [3.63, 3.8) is 0 Å². The van der Waals surface area contributed by atoms with Gasteiger partial charge >= 0.3 is 6.09 Å². The number of carbonyl (C=O) groups is 2. The molecule has 0 saturated heterocycles. The maximum Gasteiger partial charge on any atom is 0.407 e. The summed E-state index contributed by atoms with van der Waals surface area (Å²) in [6.45, 7) is 0.306. The average molecular weight is 395 g/mol. The number of benzene rings is 2. The largest absolute Gasteiger partial charge is 0.449 e. The van der Waals surface area contributed by atoms with Crippen LogP contribution in [0.15, 0.2) is 48.5 Å². The van der Waals surface area contributed by atoms with Crippen molar-refractivity contribution < 1.29 is 14.3 Å². The lowest BCUT2D eigenvalue weighted by atomic mass is 9.98. The van der Waals surface area contributed by atoms with E-state index in [4.69, 9.17) is 10.00 Å². The summed E-state index contributed by atoms with van der Waals surface area (Å²) in [6, 6.07) is 18.1. The van der Waals surface area contributed by atoms with Gasteiger partial charge in [0.1, 0.15) is 18.4 Å². The van der Waals surface area contributed by atoms with Crippen molar-refractivity contribution in [3.05, 3.63) is 59.7 Å². The Morgan fingerprint density at radius 1 is 1.11 bits per heavy atom. The molecule has 2 amide bonds. The smallest absolute Gasteiger partial charge is 0.407 e. The molecular formula is C21H21N3O3S. The third-order valence-electron chi connectivity index (χ3n) is 4.69. The summed E-state index contributed by atoms with van der Waals surface area (Å²) in [5, 5.41) is 13.2. The second-order valence-corrected chi connectivity index (χ2v) is 7.35. The number of amides is 2. The maximum atomic E-state index is 12.2. The fourth-order valence-electron chi connectivity index (χ4n) is 3.35. The summed E-state index contributed by atoms with van der Waals surface area (Å²) in [4.78, 5) is 24.1. The van der Waals surface area contributed by atoms with Crippen LogP contribution in [0.25, 0.3) is 11.1 Å². The molecule has 0 heterocycles. The summed E-state index contributed by atoms with van der Waals surface area (Å²) in [7, 11) is 0. The number of rotatable bonds is 7. The van der Waals surface area contributed by atoms with Crippen molar-refractivity contribution >= 4 is 23.8 Å². The minimum absolute atomic E-state index is 0.00609. The average Bonchev–Trinajstić information content (AvgIpc) is 3.05. The summed E-state index contributed by atoms with van der Waals surface area (Å²) in [5.41, 5.74) is 4.64. The van der Waals surface area contributed by atoms with E-state index >= 15 is 0 Å². The zero-order valence-electron chi connectivity index (χ0n) is 15.5. The SMILES string of the molecule is CSC(CNC(=O)OCC1c2ccccc2-c2ccccc21)C(=O)NCC#N. The molecule has 0 fully saturated rings. The van der Waals surface area contributed by atoms with Gasteiger partial charge in [0.15, 0.2) is 0 Å². The molecule has 2 aromatic rings. The van der Waals surface area contributed by atoms with Gasteiger partial charge in [0.05, 0.1) is 6.07 Å². The lowest BCUT2D eigenvalue weighted by Crippen LogP contribution is -2.41. The Kier molecular flexibility index (Phi) is 6.56. The van der Waals surface area contributed by atoms with Gasteiger partial charge in [-0.3, -0.25) is 4.79 Å². The predicted octanol–water partition coefficient (Wildman–Crippen LogP) is 2.90. The molecule has 144 valence electrons. The van der Waals surface area contributed by atoms with Crippen LogP contribution in [-0.2, 0) is 9.53 Å². The van der Waals surface area contributed by atoms with Crippen molar-refractivity contribution in [1.82, 2.24) is 10.6 Å². The lowest BCUT2D eigenvalue weighted by Gasteiger charge is -2.16. The van der Waals surface area contributed by atoms with Gasteiger partial charge in [0.25, 0.3) is 0 Å². The molecular weight excluding hydrogens is 374 g/mol. The van der Waals surface area contributed by atoms with E-state index in [2.05, 4.69) is 34.9 Å². The number of fused-ring (bicyclic) bond motifs is 3. The van der Waals surface area contributed by atoms with Crippen molar-refractivity contribution in [2.75, 3.05) is 26.0 Å². The molecule has 2 N–H and O–H groups in total. The fraction of sp³-hybridized carbons (Fsp3) is 0.286. The van der Waals surface area contributed by atoms with E-state index in [0.717, 1.165) is 11.1 Å². The molecule has 0 bridgehead atoms. The molecule has 1 atom stereocenters. The van der Waals surface area contributed by atoms with Crippen molar-refractivity contribution in [2.24, 2.45) is 0 Å². The van der Waals surface area contributed by atoms with E-state index in [0.29, 0.717) is 0 Å². The Balaban J connectivity index is 1.58. The van der Waals surface area contributed by atoms with E-state index in [-0.39, 0.29) is 31.5 Å². The van der Waals surface area contributed by atoms with E-state index in [9.17, 15) is 9.59 Å². The highest BCUT2D eigenvalue weighted by Gasteiger charge is 2.29. The summed E-state index contributed by atoms with van der Waals surface area (Å²) < 4.78 is 5.45. The number of alkyl carbamates (subject to hydrolysis) is 1. The fourth-order valence-corrected chi connectivity index (χ4v) is 3.90. The van der Waals surface area contributed by atoms with E-state index < -0.39 is 11.3 Å². The molecule has 1 aliphatic carbocycles. The third kappa shape index (κ3) is 4.29. The van der Waals surface area contributed by atoms with Crippen molar-refractivity contribution in [3.8, 4) is 17.2 Å². The molecule has 0 saturated carbocycles. The quantitative estimate of drug-likeness (QED) is 0.704. The zero-order chi connectivity index (χ0) is 19.9. The van der Waals surface area contributed by atoms with Gasteiger partial charge in [-0.2, -0.15) is 17.0 Å². The topological polar surface area (TPSA) is 91.2 Å². The van der Waals surface area contributed by atoms with Crippen LogP contribution in [0.1, 0.15) is 17.0 Å². The summed E-state index contributed by atoms with van der Waals surface area (Å²) in [6.07, 6.45) is 1.21. The number of hydrogen-bond acceptors (Lipinski definition) is 5. The van der Waals surface area contributed by atoms with Crippen molar-refractivity contribution in [1.29, 1.82) is 5.26 Å². The van der Waals surface area contributed by atoms with Crippen LogP contribution in [0, 0.1) is 11.3 Å². The highest BCUT2D eigenvalue weighted by molar-refractivity contribution is 7.99.